The zero-order valence-corrected chi connectivity index (χ0v) is 11.1. The van der Waals surface area contributed by atoms with Crippen molar-refractivity contribution >= 4 is 22.8 Å². The smallest absolute Gasteiger partial charge is 0.371 e. The number of carbonyl (C=O) groups excluding carboxylic acids is 1. The Morgan fingerprint density at radius 2 is 2.05 bits per heavy atom. The average molecular weight is 276 g/mol. The SMILES string of the molecule is CC(=O)NCCNCc1ccc2oc(C(=O)O)cc2c1. The third-order valence-electron chi connectivity index (χ3n) is 2.80. The summed E-state index contributed by atoms with van der Waals surface area (Å²) in [6.07, 6.45) is 0. The molecule has 2 aromatic rings. The molecular weight excluding hydrogens is 260 g/mol. The van der Waals surface area contributed by atoms with Crippen LogP contribution >= 0.6 is 0 Å². The summed E-state index contributed by atoms with van der Waals surface area (Å²) in [6, 6.07) is 7.03. The van der Waals surface area contributed by atoms with E-state index in [-0.39, 0.29) is 11.7 Å². The number of furan rings is 1. The van der Waals surface area contributed by atoms with Gasteiger partial charge in [-0.05, 0) is 23.8 Å². The Labute approximate surface area is 115 Å². The lowest BCUT2D eigenvalue weighted by Crippen LogP contribution is -2.29. The minimum atomic E-state index is -1.07. The van der Waals surface area contributed by atoms with Gasteiger partial charge in [-0.3, -0.25) is 4.79 Å². The second-order valence-electron chi connectivity index (χ2n) is 4.45. The number of carbonyl (C=O) groups is 2. The monoisotopic (exact) mass is 276 g/mol. The lowest BCUT2D eigenvalue weighted by molar-refractivity contribution is -0.118. The summed E-state index contributed by atoms with van der Waals surface area (Å²) in [5, 5.41) is 15.5. The first kappa shape index (κ1) is 14.1. The van der Waals surface area contributed by atoms with Gasteiger partial charge in [0.05, 0.1) is 0 Å². The van der Waals surface area contributed by atoms with Crippen molar-refractivity contribution in [2.75, 3.05) is 13.1 Å². The Bertz CT molecular complexity index is 633. The first-order valence-electron chi connectivity index (χ1n) is 6.27. The number of benzene rings is 1. The highest BCUT2D eigenvalue weighted by molar-refractivity contribution is 5.91. The number of aromatic carboxylic acids is 1. The Balaban J connectivity index is 1.94. The van der Waals surface area contributed by atoms with Crippen LogP contribution in [0.25, 0.3) is 11.0 Å². The van der Waals surface area contributed by atoms with Gasteiger partial charge in [-0.1, -0.05) is 6.07 Å². The molecular formula is C14H16N2O4. The molecule has 6 nitrogen and oxygen atoms in total. The molecule has 106 valence electrons. The van der Waals surface area contributed by atoms with E-state index in [1.54, 1.807) is 6.07 Å². The number of nitrogens with one attached hydrogen (secondary N) is 2. The summed E-state index contributed by atoms with van der Waals surface area (Å²) in [5.41, 5.74) is 1.59. The van der Waals surface area contributed by atoms with Gasteiger partial charge >= 0.3 is 5.97 Å². The number of hydrogen-bond donors (Lipinski definition) is 3. The van der Waals surface area contributed by atoms with Gasteiger partial charge in [-0.25, -0.2) is 4.79 Å². The zero-order chi connectivity index (χ0) is 14.5. The largest absolute Gasteiger partial charge is 0.475 e. The molecule has 6 heteroatoms. The van der Waals surface area contributed by atoms with E-state index in [2.05, 4.69) is 10.6 Å². The summed E-state index contributed by atoms with van der Waals surface area (Å²) in [5.74, 6) is -1.18. The summed E-state index contributed by atoms with van der Waals surface area (Å²) in [7, 11) is 0. The van der Waals surface area contributed by atoms with Crippen molar-refractivity contribution in [1.29, 1.82) is 0 Å². The second-order valence-corrected chi connectivity index (χ2v) is 4.45. The summed E-state index contributed by atoms with van der Waals surface area (Å²) < 4.78 is 5.19. The molecule has 0 saturated heterocycles. The van der Waals surface area contributed by atoms with Crippen molar-refractivity contribution in [2.24, 2.45) is 0 Å². The van der Waals surface area contributed by atoms with E-state index in [0.29, 0.717) is 25.2 Å². The van der Waals surface area contributed by atoms with E-state index in [1.807, 2.05) is 12.1 Å². The lowest BCUT2D eigenvalue weighted by atomic mass is 10.1. The lowest BCUT2D eigenvalue weighted by Gasteiger charge is -2.05. The molecule has 0 spiro atoms. The van der Waals surface area contributed by atoms with Crippen LogP contribution in [0.15, 0.2) is 28.7 Å². The molecule has 0 aliphatic heterocycles. The maximum Gasteiger partial charge on any atom is 0.371 e. The van der Waals surface area contributed by atoms with Crippen molar-refractivity contribution in [3.63, 3.8) is 0 Å². The van der Waals surface area contributed by atoms with Crippen molar-refractivity contribution < 1.29 is 19.1 Å². The Kier molecular flexibility index (Phi) is 4.37. The van der Waals surface area contributed by atoms with Crippen LogP contribution in [0, 0.1) is 0 Å². The number of amides is 1. The third-order valence-corrected chi connectivity index (χ3v) is 2.80. The fourth-order valence-corrected chi connectivity index (χ4v) is 1.87. The fraction of sp³-hybridized carbons (Fsp3) is 0.286. The van der Waals surface area contributed by atoms with Crippen molar-refractivity contribution in [1.82, 2.24) is 10.6 Å². The Morgan fingerprint density at radius 3 is 2.75 bits per heavy atom. The molecule has 1 heterocycles. The van der Waals surface area contributed by atoms with Gasteiger partial charge < -0.3 is 20.2 Å². The van der Waals surface area contributed by atoms with Gasteiger partial charge in [-0.15, -0.1) is 0 Å². The van der Waals surface area contributed by atoms with Gasteiger partial charge in [0.15, 0.2) is 0 Å². The van der Waals surface area contributed by atoms with E-state index in [4.69, 9.17) is 9.52 Å². The Morgan fingerprint density at radius 1 is 1.25 bits per heavy atom. The molecule has 0 atom stereocenters. The van der Waals surface area contributed by atoms with Crippen LogP contribution in [0.5, 0.6) is 0 Å². The van der Waals surface area contributed by atoms with E-state index >= 15 is 0 Å². The van der Waals surface area contributed by atoms with Crippen LogP contribution in [-0.4, -0.2) is 30.1 Å². The number of fused-ring (bicyclic) bond motifs is 1. The van der Waals surface area contributed by atoms with Crippen LogP contribution in [0.1, 0.15) is 23.0 Å². The van der Waals surface area contributed by atoms with Crippen LogP contribution < -0.4 is 10.6 Å². The summed E-state index contributed by atoms with van der Waals surface area (Å²) in [4.78, 5) is 21.5. The molecule has 0 unspecified atom stereocenters. The van der Waals surface area contributed by atoms with E-state index in [0.717, 1.165) is 10.9 Å². The van der Waals surface area contributed by atoms with Gasteiger partial charge in [0.2, 0.25) is 11.7 Å². The molecule has 0 radical (unpaired) electrons. The van der Waals surface area contributed by atoms with E-state index in [9.17, 15) is 9.59 Å². The second kappa shape index (κ2) is 6.21. The van der Waals surface area contributed by atoms with Gasteiger partial charge in [0.1, 0.15) is 5.58 Å². The maximum atomic E-state index is 10.8. The molecule has 20 heavy (non-hydrogen) atoms. The maximum absolute atomic E-state index is 10.8. The zero-order valence-electron chi connectivity index (χ0n) is 11.1. The van der Waals surface area contributed by atoms with Gasteiger partial charge in [-0.2, -0.15) is 0 Å². The van der Waals surface area contributed by atoms with E-state index in [1.165, 1.54) is 13.0 Å². The predicted octanol–water partition coefficient (Wildman–Crippen LogP) is 1.36. The van der Waals surface area contributed by atoms with Crippen molar-refractivity contribution in [2.45, 2.75) is 13.5 Å². The number of carboxylic acids is 1. The topological polar surface area (TPSA) is 91.6 Å². The summed E-state index contributed by atoms with van der Waals surface area (Å²) in [6.45, 7) is 3.37. The fourth-order valence-electron chi connectivity index (χ4n) is 1.87. The third kappa shape index (κ3) is 3.58. The molecule has 0 aliphatic carbocycles. The number of rotatable bonds is 6. The minimum absolute atomic E-state index is 0.0483. The average Bonchev–Trinajstić information content (AvgIpc) is 2.81. The van der Waals surface area contributed by atoms with Crippen LogP contribution in [0.3, 0.4) is 0 Å². The molecule has 0 fully saturated rings. The molecule has 2 rings (SSSR count). The molecule has 1 aromatic carbocycles. The Hall–Kier alpha value is -2.34. The molecule has 1 amide bonds. The number of carboxylic acid groups (broad SMARTS) is 1. The molecule has 3 N–H and O–H groups in total. The predicted molar refractivity (Wildman–Crippen MR) is 73.6 cm³/mol. The van der Waals surface area contributed by atoms with Gasteiger partial charge in [0.25, 0.3) is 0 Å². The molecule has 0 bridgehead atoms. The number of hydrogen-bond acceptors (Lipinski definition) is 4. The highest BCUT2D eigenvalue weighted by atomic mass is 16.4. The van der Waals surface area contributed by atoms with Crippen LogP contribution in [0.2, 0.25) is 0 Å². The van der Waals surface area contributed by atoms with Crippen LogP contribution in [0.4, 0.5) is 0 Å². The summed E-state index contributed by atoms with van der Waals surface area (Å²) >= 11 is 0. The standard InChI is InChI=1S/C14H16N2O4/c1-9(17)16-5-4-15-8-10-2-3-12-11(6-10)7-13(20-12)14(18)19/h2-3,6-7,15H,4-5,8H2,1H3,(H,16,17)(H,18,19). The van der Waals surface area contributed by atoms with Crippen molar-refractivity contribution in [3.05, 3.63) is 35.6 Å². The molecule has 1 aromatic heterocycles. The highest BCUT2D eigenvalue weighted by Crippen LogP contribution is 2.20. The van der Waals surface area contributed by atoms with Crippen LogP contribution in [-0.2, 0) is 11.3 Å². The van der Waals surface area contributed by atoms with Crippen molar-refractivity contribution in [3.8, 4) is 0 Å². The quantitative estimate of drug-likeness (QED) is 0.693. The van der Waals surface area contributed by atoms with Gasteiger partial charge in [0, 0.05) is 31.9 Å². The first-order chi connectivity index (χ1) is 9.56. The molecule has 0 aliphatic rings. The minimum Gasteiger partial charge on any atom is -0.475 e. The van der Waals surface area contributed by atoms with E-state index < -0.39 is 5.97 Å². The highest BCUT2D eigenvalue weighted by Gasteiger charge is 2.10. The molecule has 0 saturated carbocycles. The first-order valence-corrected chi connectivity index (χ1v) is 6.27. The normalized spacial score (nSPS) is 10.7.